The number of thioether (sulfide) groups is 2. The van der Waals surface area contributed by atoms with E-state index in [0.717, 1.165) is 24.3 Å². The molecule has 0 aliphatic carbocycles. The number of benzene rings is 1. The Hall–Kier alpha value is -1.86. The topological polar surface area (TPSA) is 158 Å². The molecular formula is C40H62O12S6. The Bertz CT molecular complexity index is 1240. The molecule has 0 atom stereocenters. The van der Waals surface area contributed by atoms with E-state index in [-0.39, 0.29) is 90.1 Å². The molecule has 1 rings (SSSR count). The highest BCUT2D eigenvalue weighted by atomic mass is 32.2. The normalized spacial score (nSPS) is 11.4. The summed E-state index contributed by atoms with van der Waals surface area (Å²) >= 11 is 19.5. The summed E-state index contributed by atoms with van der Waals surface area (Å²) in [6, 6.07) is 8.37. The third-order valence-corrected chi connectivity index (χ3v) is 11.8. The van der Waals surface area contributed by atoms with Crippen molar-refractivity contribution in [1.29, 1.82) is 0 Å². The molecule has 0 aromatic heterocycles. The van der Waals surface area contributed by atoms with E-state index in [1.165, 1.54) is 11.1 Å². The van der Waals surface area contributed by atoms with Crippen molar-refractivity contribution in [3.63, 3.8) is 0 Å². The maximum atomic E-state index is 12.6. The minimum Gasteiger partial charge on any atom is -0.465 e. The van der Waals surface area contributed by atoms with Gasteiger partial charge in [-0.05, 0) is 48.3 Å². The van der Waals surface area contributed by atoms with Crippen molar-refractivity contribution in [2.75, 3.05) is 85.7 Å². The number of carbonyl (C=O) groups is 6. The van der Waals surface area contributed by atoms with E-state index in [9.17, 15) is 28.8 Å². The van der Waals surface area contributed by atoms with E-state index < -0.39 is 34.7 Å². The lowest BCUT2D eigenvalue weighted by atomic mass is 9.88. The summed E-state index contributed by atoms with van der Waals surface area (Å²) in [7, 11) is 0. The van der Waals surface area contributed by atoms with Crippen LogP contribution < -0.4 is 0 Å². The minimum atomic E-state index is -0.850. The predicted molar refractivity (Wildman–Crippen MR) is 243 cm³/mol. The quantitative estimate of drug-likeness (QED) is 0.0263. The van der Waals surface area contributed by atoms with Gasteiger partial charge < -0.3 is 28.4 Å². The second kappa shape index (κ2) is 32.9. The number of hydrogen-bond donors (Lipinski definition) is 4. The minimum absolute atomic E-state index is 0.0429. The molecule has 0 radical (unpaired) electrons. The molecule has 18 heteroatoms. The van der Waals surface area contributed by atoms with E-state index >= 15 is 0 Å². The maximum Gasteiger partial charge on any atom is 0.306 e. The van der Waals surface area contributed by atoms with Gasteiger partial charge in [0, 0.05) is 34.5 Å². The Balaban J connectivity index is 2.47. The molecule has 58 heavy (non-hydrogen) atoms. The van der Waals surface area contributed by atoms with Crippen molar-refractivity contribution in [2.24, 2.45) is 10.8 Å². The van der Waals surface area contributed by atoms with Crippen LogP contribution in [0.4, 0.5) is 0 Å². The first-order valence-corrected chi connectivity index (χ1v) is 24.3. The highest BCUT2D eigenvalue weighted by molar-refractivity contribution is 7.99. The average Bonchev–Trinajstić information content (AvgIpc) is 3.21. The second-order valence-electron chi connectivity index (χ2n) is 13.6. The van der Waals surface area contributed by atoms with Crippen LogP contribution in [0.25, 0.3) is 0 Å². The molecule has 0 amide bonds. The molecule has 0 aliphatic rings. The Morgan fingerprint density at radius 1 is 0.466 bits per heavy atom. The fourth-order valence-electron chi connectivity index (χ4n) is 4.90. The van der Waals surface area contributed by atoms with Crippen molar-refractivity contribution >= 4 is 110 Å². The van der Waals surface area contributed by atoms with Crippen molar-refractivity contribution in [1.82, 2.24) is 0 Å². The molecular weight excluding hydrogens is 865 g/mol. The lowest BCUT2D eigenvalue weighted by Gasteiger charge is -2.31. The molecule has 0 aliphatic heterocycles. The summed E-state index contributed by atoms with van der Waals surface area (Å²) in [6.45, 7) is 3.47. The highest BCUT2D eigenvalue weighted by Crippen LogP contribution is 2.27. The zero-order valence-corrected chi connectivity index (χ0v) is 39.0. The van der Waals surface area contributed by atoms with E-state index in [2.05, 4.69) is 68.7 Å². The summed E-state index contributed by atoms with van der Waals surface area (Å²) in [4.78, 5) is 73.2. The third-order valence-electron chi connectivity index (χ3n) is 8.96. The van der Waals surface area contributed by atoms with E-state index in [1.54, 1.807) is 23.5 Å². The van der Waals surface area contributed by atoms with Crippen molar-refractivity contribution in [3.05, 3.63) is 35.4 Å². The zero-order valence-electron chi connectivity index (χ0n) is 33.8. The van der Waals surface area contributed by atoms with Crippen LogP contribution in [0.15, 0.2) is 24.3 Å². The van der Waals surface area contributed by atoms with Gasteiger partial charge in [0.05, 0.1) is 49.4 Å². The molecule has 1 aromatic carbocycles. The number of aryl methyl sites for hydroxylation is 2. The number of esters is 6. The van der Waals surface area contributed by atoms with Gasteiger partial charge >= 0.3 is 35.8 Å². The highest BCUT2D eigenvalue weighted by Gasteiger charge is 2.35. The number of rotatable bonds is 34. The molecule has 0 saturated heterocycles. The predicted octanol–water partition coefficient (Wildman–Crippen LogP) is 6.35. The SMILES string of the molecule is CCC(COC(=O)CCS)(COC(=O)CCS)COC(=O)CCSCCc1cccc(CCSCCC(=O)OCC(CC)(COC(=O)CCS)COC(=O)CCS)c1. The van der Waals surface area contributed by atoms with Gasteiger partial charge in [-0.15, -0.1) is 0 Å². The van der Waals surface area contributed by atoms with Gasteiger partial charge in [-0.2, -0.15) is 74.0 Å². The van der Waals surface area contributed by atoms with Crippen LogP contribution in [0.2, 0.25) is 0 Å². The van der Waals surface area contributed by atoms with Crippen molar-refractivity contribution < 1.29 is 57.2 Å². The van der Waals surface area contributed by atoms with Crippen LogP contribution >= 0.6 is 74.0 Å². The Morgan fingerprint density at radius 3 is 1.00 bits per heavy atom. The van der Waals surface area contributed by atoms with Gasteiger partial charge in [0.1, 0.15) is 39.6 Å². The lowest BCUT2D eigenvalue weighted by molar-refractivity contribution is -0.164. The lowest BCUT2D eigenvalue weighted by Crippen LogP contribution is -2.39. The van der Waals surface area contributed by atoms with Crippen LogP contribution in [0.1, 0.15) is 76.3 Å². The van der Waals surface area contributed by atoms with Gasteiger partial charge in [-0.25, -0.2) is 0 Å². The molecule has 1 aromatic rings. The largest absolute Gasteiger partial charge is 0.465 e. The van der Waals surface area contributed by atoms with E-state index in [0.29, 0.717) is 47.4 Å². The third kappa shape index (κ3) is 25.0. The Morgan fingerprint density at radius 2 is 0.741 bits per heavy atom. The first-order chi connectivity index (χ1) is 27.9. The number of hydrogen-bond acceptors (Lipinski definition) is 18. The van der Waals surface area contributed by atoms with Gasteiger partial charge in [0.15, 0.2) is 0 Å². The Kier molecular flexibility index (Phi) is 30.7. The van der Waals surface area contributed by atoms with Crippen LogP contribution in [0.3, 0.4) is 0 Å². The second-order valence-corrected chi connectivity index (χ2v) is 17.8. The molecule has 0 saturated carbocycles. The number of carbonyl (C=O) groups excluding carboxylic acids is 6. The molecule has 0 unspecified atom stereocenters. The summed E-state index contributed by atoms with van der Waals surface area (Å²) in [6.07, 6.45) is 3.61. The van der Waals surface area contributed by atoms with Crippen LogP contribution in [0.5, 0.6) is 0 Å². The maximum absolute atomic E-state index is 12.6. The smallest absolute Gasteiger partial charge is 0.306 e. The fourth-order valence-corrected chi connectivity index (χ4v) is 7.42. The van der Waals surface area contributed by atoms with Crippen molar-refractivity contribution in [3.8, 4) is 0 Å². The molecule has 0 bridgehead atoms. The summed E-state index contributed by atoms with van der Waals surface area (Å²) in [5.74, 6) is 1.77. The monoisotopic (exact) mass is 926 g/mol. The zero-order chi connectivity index (χ0) is 43.1. The molecule has 0 fully saturated rings. The molecule has 0 N–H and O–H groups in total. The van der Waals surface area contributed by atoms with Gasteiger partial charge in [0.2, 0.25) is 0 Å². The van der Waals surface area contributed by atoms with Gasteiger partial charge in [-0.1, -0.05) is 38.1 Å². The first-order valence-electron chi connectivity index (χ1n) is 19.5. The summed E-state index contributed by atoms with van der Waals surface area (Å²) in [5, 5.41) is 0. The average molecular weight is 927 g/mol. The molecule has 0 spiro atoms. The number of thiol groups is 4. The fraction of sp³-hybridized carbons (Fsp3) is 0.700. The van der Waals surface area contributed by atoms with Gasteiger partial charge in [-0.3, -0.25) is 28.8 Å². The van der Waals surface area contributed by atoms with E-state index in [4.69, 9.17) is 28.4 Å². The Labute approximate surface area is 374 Å². The molecule has 12 nitrogen and oxygen atoms in total. The van der Waals surface area contributed by atoms with Crippen molar-refractivity contribution in [2.45, 2.75) is 78.1 Å². The first kappa shape index (κ1) is 54.2. The standard InChI is InChI=1S/C40H62O12S6/c1-3-39(25-47-33(41)8-16-53,26-48-34(42)9-17-54)29-51-37(45)14-22-57-20-12-31-6-5-7-32(24-31)13-21-58-23-15-38(46)52-30-40(4-2,27-49-35(43)10-18-55)28-50-36(44)11-19-56/h5-7,24,53-56H,3-4,8-23,25-30H2,1-2H3. The molecule has 0 heterocycles. The van der Waals surface area contributed by atoms with E-state index in [1.807, 2.05) is 19.9 Å². The van der Waals surface area contributed by atoms with Crippen LogP contribution in [-0.2, 0) is 70.0 Å². The van der Waals surface area contributed by atoms with Crippen LogP contribution in [0, 0.1) is 10.8 Å². The van der Waals surface area contributed by atoms with Crippen LogP contribution in [-0.4, -0.2) is 121 Å². The molecule has 330 valence electrons. The summed E-state index contributed by atoms with van der Waals surface area (Å²) in [5.41, 5.74) is 0.690. The number of ether oxygens (including phenoxy) is 6. The van der Waals surface area contributed by atoms with Gasteiger partial charge in [0.25, 0.3) is 0 Å². The summed E-state index contributed by atoms with van der Waals surface area (Å²) < 4.78 is 32.7.